The van der Waals surface area contributed by atoms with Gasteiger partial charge in [0.15, 0.2) is 5.82 Å². The van der Waals surface area contributed by atoms with Crippen LogP contribution in [0.15, 0.2) is 0 Å². The molecule has 0 aromatic carbocycles. The molecule has 0 radical (unpaired) electrons. The Morgan fingerprint density at radius 1 is 1.43 bits per heavy atom. The van der Waals surface area contributed by atoms with Crippen LogP contribution in [0.4, 0.5) is 0 Å². The molecule has 1 aromatic heterocycles. The highest BCUT2D eigenvalue weighted by atomic mass is 16.4. The summed E-state index contributed by atoms with van der Waals surface area (Å²) >= 11 is 0. The number of carboxylic acid groups (broad SMARTS) is 1. The van der Waals surface area contributed by atoms with Crippen molar-refractivity contribution in [1.82, 2.24) is 25.1 Å². The maximum Gasteiger partial charge on any atom is 0.311 e. The number of aliphatic carboxylic acids is 1. The highest BCUT2D eigenvalue weighted by Gasteiger charge is 2.42. The van der Waals surface area contributed by atoms with Gasteiger partial charge in [-0.3, -0.25) is 4.79 Å². The fourth-order valence-electron chi connectivity index (χ4n) is 2.89. The molecule has 1 aliphatic rings. The second-order valence-electron chi connectivity index (χ2n) is 6.57. The van der Waals surface area contributed by atoms with Crippen LogP contribution in [0.3, 0.4) is 0 Å². The van der Waals surface area contributed by atoms with Crippen molar-refractivity contribution in [2.24, 2.45) is 11.3 Å². The maximum absolute atomic E-state index is 11.8. The Labute approximate surface area is 125 Å². The third kappa shape index (κ3) is 3.78. The molecule has 0 saturated heterocycles. The highest BCUT2D eigenvalue weighted by molar-refractivity contribution is 5.74. The Kier molecular flexibility index (Phi) is 4.92. The number of rotatable bonds is 6. The lowest BCUT2D eigenvalue weighted by molar-refractivity contribution is -0.153. The molecule has 0 aliphatic heterocycles. The van der Waals surface area contributed by atoms with Gasteiger partial charge in [0, 0.05) is 13.0 Å². The van der Waals surface area contributed by atoms with E-state index in [0.717, 1.165) is 31.6 Å². The topological polar surface area (TPSA) is 84.1 Å². The Bertz CT molecular complexity index is 477. The van der Waals surface area contributed by atoms with Gasteiger partial charge in [-0.05, 0) is 56.1 Å². The molecule has 0 amide bonds. The number of likely N-dealkylation sites (N-methyl/N-ethyl adjacent to an activating group) is 1. The smallest absolute Gasteiger partial charge is 0.311 e. The third-order valence-corrected chi connectivity index (χ3v) is 4.53. The van der Waals surface area contributed by atoms with Gasteiger partial charge in [0.2, 0.25) is 0 Å². The van der Waals surface area contributed by atoms with Crippen LogP contribution in [0.5, 0.6) is 0 Å². The van der Waals surface area contributed by atoms with Crippen LogP contribution >= 0.6 is 0 Å². The zero-order chi connectivity index (χ0) is 15.5. The van der Waals surface area contributed by atoms with Gasteiger partial charge in [-0.15, -0.1) is 5.10 Å². The highest BCUT2D eigenvalue weighted by Crippen LogP contribution is 2.40. The van der Waals surface area contributed by atoms with Crippen molar-refractivity contribution in [1.29, 1.82) is 0 Å². The van der Waals surface area contributed by atoms with Gasteiger partial charge in [-0.25, -0.2) is 4.68 Å². The number of nitrogens with zero attached hydrogens (tertiary/aromatic N) is 5. The molecule has 0 unspecified atom stereocenters. The van der Waals surface area contributed by atoms with E-state index in [0.29, 0.717) is 25.3 Å². The summed E-state index contributed by atoms with van der Waals surface area (Å²) in [5, 5.41) is 21.5. The van der Waals surface area contributed by atoms with Crippen LogP contribution in [0.2, 0.25) is 0 Å². The molecule has 7 heteroatoms. The monoisotopic (exact) mass is 295 g/mol. The van der Waals surface area contributed by atoms with Crippen molar-refractivity contribution in [3.8, 4) is 0 Å². The summed E-state index contributed by atoms with van der Waals surface area (Å²) in [5.41, 5.74) is -0.714. The largest absolute Gasteiger partial charge is 0.481 e. The molecule has 1 fully saturated rings. The molecule has 1 aromatic rings. The van der Waals surface area contributed by atoms with E-state index in [1.807, 2.05) is 14.1 Å². The molecule has 1 saturated carbocycles. The van der Waals surface area contributed by atoms with Crippen molar-refractivity contribution in [3.05, 3.63) is 5.82 Å². The molecule has 1 aliphatic carbocycles. The van der Waals surface area contributed by atoms with Crippen LogP contribution in [0.1, 0.15) is 38.4 Å². The van der Waals surface area contributed by atoms with Gasteiger partial charge < -0.3 is 10.0 Å². The summed E-state index contributed by atoms with van der Waals surface area (Å²) in [4.78, 5) is 13.9. The summed E-state index contributed by atoms with van der Waals surface area (Å²) < 4.78 is 1.69. The fraction of sp³-hybridized carbons (Fsp3) is 0.857. The molecular weight excluding hydrogens is 270 g/mol. The van der Waals surface area contributed by atoms with Crippen LogP contribution in [-0.2, 0) is 17.8 Å². The van der Waals surface area contributed by atoms with E-state index >= 15 is 0 Å². The van der Waals surface area contributed by atoms with E-state index in [9.17, 15) is 9.90 Å². The van der Waals surface area contributed by atoms with E-state index in [4.69, 9.17) is 0 Å². The van der Waals surface area contributed by atoms with Crippen molar-refractivity contribution < 1.29 is 9.90 Å². The molecule has 1 heterocycles. The van der Waals surface area contributed by atoms with Gasteiger partial charge >= 0.3 is 5.97 Å². The zero-order valence-electron chi connectivity index (χ0n) is 13.1. The van der Waals surface area contributed by atoms with E-state index in [1.54, 1.807) is 4.68 Å². The van der Waals surface area contributed by atoms with Gasteiger partial charge in [0.05, 0.1) is 12.0 Å². The molecule has 0 bridgehead atoms. The van der Waals surface area contributed by atoms with Crippen molar-refractivity contribution >= 4 is 5.97 Å². The maximum atomic E-state index is 11.8. The van der Waals surface area contributed by atoms with Crippen LogP contribution in [-0.4, -0.2) is 56.8 Å². The first kappa shape index (κ1) is 15.9. The van der Waals surface area contributed by atoms with Gasteiger partial charge in [-0.1, -0.05) is 6.92 Å². The van der Waals surface area contributed by atoms with Gasteiger partial charge in [0.25, 0.3) is 0 Å². The Hall–Kier alpha value is -1.50. The standard InChI is InChI=1S/C14H25N5O2/c1-11-4-7-14(8-5-11,13(20)21)10-19-12(15-16-17-19)6-9-18(2)3/h11H,4-10H2,1-3H3,(H,20,21). The van der Waals surface area contributed by atoms with Gasteiger partial charge in [-0.2, -0.15) is 0 Å². The number of carbonyl (C=O) groups is 1. The second-order valence-corrected chi connectivity index (χ2v) is 6.57. The van der Waals surface area contributed by atoms with Crippen LogP contribution in [0, 0.1) is 11.3 Å². The molecule has 0 atom stereocenters. The SMILES string of the molecule is CC1CCC(Cn2nnnc2CCN(C)C)(C(=O)O)CC1. The quantitative estimate of drug-likeness (QED) is 0.844. The molecule has 1 N–H and O–H groups in total. The first-order chi connectivity index (χ1) is 9.93. The predicted molar refractivity (Wildman–Crippen MR) is 77.8 cm³/mol. The minimum atomic E-state index is -0.719. The van der Waals surface area contributed by atoms with Crippen molar-refractivity contribution in [2.45, 2.75) is 45.6 Å². The molecular formula is C14H25N5O2. The van der Waals surface area contributed by atoms with Gasteiger partial charge in [0.1, 0.15) is 0 Å². The number of tetrazole rings is 1. The first-order valence-electron chi connectivity index (χ1n) is 7.56. The Balaban J connectivity index is 2.11. The normalized spacial score (nSPS) is 26.2. The number of hydrogen-bond acceptors (Lipinski definition) is 5. The van der Waals surface area contributed by atoms with Crippen molar-refractivity contribution in [2.75, 3.05) is 20.6 Å². The summed E-state index contributed by atoms with van der Waals surface area (Å²) in [6.07, 6.45) is 4.06. The molecule has 118 valence electrons. The minimum Gasteiger partial charge on any atom is -0.481 e. The first-order valence-corrected chi connectivity index (χ1v) is 7.56. The zero-order valence-corrected chi connectivity index (χ0v) is 13.1. The molecule has 21 heavy (non-hydrogen) atoms. The second kappa shape index (κ2) is 6.51. The predicted octanol–water partition coefficient (Wildman–Crippen LogP) is 1.06. The number of carboxylic acids is 1. The Morgan fingerprint density at radius 2 is 2.10 bits per heavy atom. The summed E-state index contributed by atoms with van der Waals surface area (Å²) in [5.74, 6) is 0.658. The van der Waals surface area contributed by atoms with Crippen LogP contribution in [0.25, 0.3) is 0 Å². The lowest BCUT2D eigenvalue weighted by Crippen LogP contribution is -2.39. The molecule has 7 nitrogen and oxygen atoms in total. The molecule has 2 rings (SSSR count). The summed E-state index contributed by atoms with van der Waals surface area (Å²) in [6, 6.07) is 0. The average molecular weight is 295 g/mol. The van der Waals surface area contributed by atoms with E-state index < -0.39 is 11.4 Å². The summed E-state index contributed by atoms with van der Waals surface area (Å²) in [7, 11) is 3.99. The minimum absolute atomic E-state index is 0.380. The van der Waals surface area contributed by atoms with Crippen molar-refractivity contribution in [3.63, 3.8) is 0 Å². The number of hydrogen-bond donors (Lipinski definition) is 1. The van der Waals surface area contributed by atoms with E-state index in [-0.39, 0.29) is 0 Å². The third-order valence-electron chi connectivity index (χ3n) is 4.53. The lowest BCUT2D eigenvalue weighted by Gasteiger charge is -2.35. The van der Waals surface area contributed by atoms with E-state index in [1.165, 1.54) is 0 Å². The lowest BCUT2D eigenvalue weighted by atomic mass is 9.71. The van der Waals surface area contributed by atoms with E-state index in [2.05, 4.69) is 27.3 Å². The molecule has 0 spiro atoms. The summed E-state index contributed by atoms with van der Waals surface area (Å²) in [6.45, 7) is 3.41. The number of aromatic nitrogens is 4. The Morgan fingerprint density at radius 3 is 2.67 bits per heavy atom. The fourth-order valence-corrected chi connectivity index (χ4v) is 2.89. The average Bonchev–Trinajstić information content (AvgIpc) is 2.86. The van der Waals surface area contributed by atoms with Crippen LogP contribution < -0.4 is 0 Å².